The first-order valence-corrected chi connectivity index (χ1v) is 8.23. The number of anilines is 2. The van der Waals surface area contributed by atoms with Gasteiger partial charge in [0.15, 0.2) is 17.3 Å². The highest BCUT2D eigenvalue weighted by Crippen LogP contribution is 2.31. The van der Waals surface area contributed by atoms with Crippen LogP contribution in [0.5, 0.6) is 0 Å². The first-order chi connectivity index (χ1) is 12.5. The zero-order valence-corrected chi connectivity index (χ0v) is 14.3. The highest BCUT2D eigenvalue weighted by Gasteiger charge is 2.29. The summed E-state index contributed by atoms with van der Waals surface area (Å²) in [4.78, 5) is 24.4. The van der Waals surface area contributed by atoms with Crippen LogP contribution in [-0.4, -0.2) is 26.8 Å². The van der Waals surface area contributed by atoms with Gasteiger partial charge in [0.05, 0.1) is 0 Å². The highest BCUT2D eigenvalue weighted by molar-refractivity contribution is 6.04. The van der Waals surface area contributed by atoms with E-state index in [1.807, 2.05) is 37.3 Å². The second kappa shape index (κ2) is 6.14. The predicted molar refractivity (Wildman–Crippen MR) is 94.6 cm³/mol. The molecule has 1 aliphatic rings. The molecular weight excluding hydrogens is 334 g/mol. The van der Waals surface area contributed by atoms with E-state index in [1.54, 1.807) is 17.8 Å². The number of nitrogens with zero attached hydrogens (tertiary/aromatic N) is 3. The Hall–Kier alpha value is -3.42. The Labute approximate surface area is 149 Å². The van der Waals surface area contributed by atoms with E-state index in [4.69, 9.17) is 4.52 Å². The molecule has 2 N–H and O–H groups in total. The number of rotatable bonds is 3. The van der Waals surface area contributed by atoms with Gasteiger partial charge in [0, 0.05) is 30.2 Å². The maximum Gasteiger partial charge on any atom is 0.279 e. The van der Waals surface area contributed by atoms with E-state index in [0.717, 1.165) is 11.1 Å². The normalized spacial score (nSPS) is 16.1. The van der Waals surface area contributed by atoms with Crippen LogP contribution in [0.15, 0.2) is 40.9 Å². The fourth-order valence-corrected chi connectivity index (χ4v) is 2.95. The molecule has 3 heterocycles. The molecule has 3 aromatic rings. The molecule has 2 aromatic heterocycles. The van der Waals surface area contributed by atoms with Gasteiger partial charge in [-0.25, -0.2) is 0 Å². The van der Waals surface area contributed by atoms with Crippen LogP contribution in [0.1, 0.15) is 23.0 Å². The van der Waals surface area contributed by atoms with Crippen molar-refractivity contribution in [2.75, 3.05) is 10.6 Å². The third-order valence-corrected chi connectivity index (χ3v) is 4.38. The molecule has 132 valence electrons. The Morgan fingerprint density at radius 2 is 2.12 bits per heavy atom. The van der Waals surface area contributed by atoms with Gasteiger partial charge < -0.3 is 15.2 Å². The number of aryl methyl sites for hydroxylation is 1. The standard InChI is InChI=1S/C18H17N5O3/c1-10-8-12-15(21-23(2)16(12)20-17(10)24)19-18(25)13-9-14(26-22-13)11-6-4-3-5-7-11/h3-7,9-10H,8H2,1-2H3,(H,20,24)(H,19,21,25)/t10-/m0/s1. The number of hydrogen-bond donors (Lipinski definition) is 2. The van der Waals surface area contributed by atoms with Gasteiger partial charge in [-0.05, 0) is 6.42 Å². The van der Waals surface area contributed by atoms with Gasteiger partial charge in [0.1, 0.15) is 5.82 Å². The van der Waals surface area contributed by atoms with Crippen molar-refractivity contribution >= 4 is 23.5 Å². The summed E-state index contributed by atoms with van der Waals surface area (Å²) in [6, 6.07) is 11.0. The van der Waals surface area contributed by atoms with Gasteiger partial charge in [-0.1, -0.05) is 42.4 Å². The molecule has 0 saturated heterocycles. The van der Waals surface area contributed by atoms with Crippen LogP contribution < -0.4 is 10.6 Å². The third kappa shape index (κ3) is 2.75. The van der Waals surface area contributed by atoms with Gasteiger partial charge in [-0.15, -0.1) is 0 Å². The molecule has 0 unspecified atom stereocenters. The topological polar surface area (TPSA) is 102 Å². The summed E-state index contributed by atoms with van der Waals surface area (Å²) in [5.41, 5.74) is 1.81. The maximum absolute atomic E-state index is 12.5. The molecule has 1 atom stereocenters. The quantitative estimate of drug-likeness (QED) is 0.755. The average molecular weight is 351 g/mol. The van der Waals surface area contributed by atoms with E-state index in [-0.39, 0.29) is 17.5 Å². The summed E-state index contributed by atoms with van der Waals surface area (Å²) in [5.74, 6) is 0.889. The van der Waals surface area contributed by atoms with Crippen LogP contribution >= 0.6 is 0 Å². The Morgan fingerprint density at radius 3 is 2.88 bits per heavy atom. The SMILES string of the molecule is C[C@H]1Cc2c(NC(=O)c3cc(-c4ccccc4)on3)nn(C)c2NC1=O. The highest BCUT2D eigenvalue weighted by atomic mass is 16.5. The molecule has 0 spiro atoms. The largest absolute Gasteiger partial charge is 0.355 e. The van der Waals surface area contributed by atoms with Crippen LogP contribution in [0, 0.1) is 5.92 Å². The number of amides is 2. The van der Waals surface area contributed by atoms with Crippen LogP contribution in [0.3, 0.4) is 0 Å². The van der Waals surface area contributed by atoms with E-state index >= 15 is 0 Å². The van der Waals surface area contributed by atoms with Gasteiger partial charge in [0.25, 0.3) is 5.91 Å². The molecule has 0 saturated carbocycles. The minimum atomic E-state index is -0.415. The van der Waals surface area contributed by atoms with Gasteiger partial charge in [0.2, 0.25) is 5.91 Å². The monoisotopic (exact) mass is 351 g/mol. The summed E-state index contributed by atoms with van der Waals surface area (Å²) in [6.07, 6.45) is 0.513. The summed E-state index contributed by atoms with van der Waals surface area (Å²) in [5, 5.41) is 13.7. The van der Waals surface area contributed by atoms with Crippen LogP contribution in [0.25, 0.3) is 11.3 Å². The lowest BCUT2D eigenvalue weighted by molar-refractivity contribution is -0.119. The minimum absolute atomic E-state index is 0.0534. The van der Waals surface area contributed by atoms with Crippen molar-refractivity contribution in [1.29, 1.82) is 0 Å². The van der Waals surface area contributed by atoms with Crippen molar-refractivity contribution in [3.05, 3.63) is 47.7 Å². The maximum atomic E-state index is 12.5. The van der Waals surface area contributed by atoms with Crippen molar-refractivity contribution in [3.63, 3.8) is 0 Å². The summed E-state index contributed by atoms with van der Waals surface area (Å²) in [7, 11) is 1.72. The first-order valence-electron chi connectivity index (χ1n) is 8.23. The smallest absolute Gasteiger partial charge is 0.279 e. The average Bonchev–Trinajstić information content (AvgIpc) is 3.23. The fraction of sp³-hybridized carbons (Fsp3) is 0.222. The number of benzene rings is 1. The molecule has 2 amide bonds. The number of nitrogens with one attached hydrogen (secondary N) is 2. The number of aromatic nitrogens is 3. The van der Waals surface area contributed by atoms with Crippen LogP contribution in [0.4, 0.5) is 11.6 Å². The van der Waals surface area contributed by atoms with E-state index in [9.17, 15) is 9.59 Å². The Morgan fingerprint density at radius 1 is 1.35 bits per heavy atom. The van der Waals surface area contributed by atoms with Crippen LogP contribution in [-0.2, 0) is 18.3 Å². The Kier molecular flexibility index (Phi) is 3.80. The summed E-state index contributed by atoms with van der Waals surface area (Å²) >= 11 is 0. The van der Waals surface area contributed by atoms with E-state index in [2.05, 4.69) is 20.9 Å². The molecule has 0 aliphatic carbocycles. The minimum Gasteiger partial charge on any atom is -0.355 e. The Balaban J connectivity index is 1.57. The second-order valence-corrected chi connectivity index (χ2v) is 6.29. The molecule has 0 radical (unpaired) electrons. The molecule has 8 heteroatoms. The lowest BCUT2D eigenvalue weighted by Crippen LogP contribution is -2.28. The van der Waals surface area contributed by atoms with E-state index < -0.39 is 5.91 Å². The van der Waals surface area contributed by atoms with Gasteiger partial charge in [-0.2, -0.15) is 5.10 Å². The number of hydrogen-bond acceptors (Lipinski definition) is 5. The zero-order chi connectivity index (χ0) is 18.3. The summed E-state index contributed by atoms with van der Waals surface area (Å²) in [6.45, 7) is 1.83. The van der Waals surface area contributed by atoms with Gasteiger partial charge in [-0.3, -0.25) is 14.3 Å². The van der Waals surface area contributed by atoms with Crippen molar-refractivity contribution < 1.29 is 14.1 Å². The third-order valence-electron chi connectivity index (χ3n) is 4.38. The van der Waals surface area contributed by atoms with Crippen molar-refractivity contribution in [2.45, 2.75) is 13.3 Å². The Bertz CT molecular complexity index is 990. The summed E-state index contributed by atoms with van der Waals surface area (Å²) < 4.78 is 6.81. The van der Waals surface area contributed by atoms with Gasteiger partial charge >= 0.3 is 0 Å². The molecule has 0 bridgehead atoms. The lowest BCUT2D eigenvalue weighted by atomic mass is 9.98. The van der Waals surface area contributed by atoms with Crippen molar-refractivity contribution in [1.82, 2.24) is 14.9 Å². The van der Waals surface area contributed by atoms with Crippen molar-refractivity contribution in [2.24, 2.45) is 13.0 Å². The number of fused-ring (bicyclic) bond motifs is 1. The van der Waals surface area contributed by atoms with E-state index in [1.165, 1.54) is 0 Å². The second-order valence-electron chi connectivity index (χ2n) is 6.29. The van der Waals surface area contributed by atoms with E-state index in [0.29, 0.717) is 23.8 Å². The molecule has 8 nitrogen and oxygen atoms in total. The molecular formula is C18H17N5O3. The fourth-order valence-electron chi connectivity index (χ4n) is 2.95. The molecule has 1 aromatic carbocycles. The predicted octanol–water partition coefficient (Wildman–Crippen LogP) is 2.46. The zero-order valence-electron chi connectivity index (χ0n) is 14.3. The van der Waals surface area contributed by atoms with Crippen molar-refractivity contribution in [3.8, 4) is 11.3 Å². The number of carbonyl (C=O) groups is 2. The lowest BCUT2D eigenvalue weighted by Gasteiger charge is -2.19. The molecule has 4 rings (SSSR count). The molecule has 26 heavy (non-hydrogen) atoms. The molecule has 0 fully saturated rings. The number of carbonyl (C=O) groups excluding carboxylic acids is 2. The molecule has 1 aliphatic heterocycles. The van der Waals surface area contributed by atoms with Crippen LogP contribution in [0.2, 0.25) is 0 Å². The first kappa shape index (κ1) is 16.1.